The van der Waals surface area contributed by atoms with Crippen molar-refractivity contribution in [3.05, 3.63) is 45.5 Å². The molecule has 1 spiro atoms. The Morgan fingerprint density at radius 1 is 0.844 bits per heavy atom. The zero-order chi connectivity index (χ0) is 23.4. The van der Waals surface area contributed by atoms with Crippen molar-refractivity contribution in [1.29, 1.82) is 0 Å². The van der Waals surface area contributed by atoms with Gasteiger partial charge in [-0.05, 0) is 59.8 Å². The third-order valence-electron chi connectivity index (χ3n) is 7.57. The highest BCUT2D eigenvalue weighted by Gasteiger charge is 2.61. The maximum absolute atomic E-state index is 13.3. The number of hydrogen-bond donors (Lipinski definition) is 1. The van der Waals surface area contributed by atoms with Gasteiger partial charge in [-0.15, -0.1) is 0 Å². The number of methoxy groups -OCH3 is 2. The lowest BCUT2D eigenvalue weighted by molar-refractivity contribution is 0.262. The molecule has 2 aliphatic carbocycles. The Balaban J connectivity index is 2.02. The van der Waals surface area contributed by atoms with E-state index >= 15 is 0 Å². The van der Waals surface area contributed by atoms with E-state index in [0.29, 0.717) is 23.0 Å². The maximum atomic E-state index is 13.3. The van der Waals surface area contributed by atoms with E-state index in [1.807, 2.05) is 13.8 Å². The topological polar surface area (TPSA) is 74.2 Å². The van der Waals surface area contributed by atoms with Crippen LogP contribution in [0, 0.1) is 13.8 Å². The van der Waals surface area contributed by atoms with Crippen molar-refractivity contribution < 1.29 is 28.0 Å². The minimum Gasteiger partial charge on any atom is -0.493 e. The first-order chi connectivity index (χ1) is 14.8. The molecule has 1 heterocycles. The molecule has 0 fully saturated rings. The van der Waals surface area contributed by atoms with Crippen molar-refractivity contribution in [2.75, 3.05) is 14.2 Å². The van der Waals surface area contributed by atoms with Gasteiger partial charge in [-0.25, -0.2) is 4.57 Å². The van der Waals surface area contributed by atoms with Gasteiger partial charge in [0.1, 0.15) is 0 Å². The van der Waals surface area contributed by atoms with Gasteiger partial charge in [0.25, 0.3) is 0 Å². The van der Waals surface area contributed by atoms with Crippen molar-refractivity contribution in [2.24, 2.45) is 0 Å². The van der Waals surface area contributed by atoms with Gasteiger partial charge in [0.05, 0.1) is 14.2 Å². The van der Waals surface area contributed by atoms with Crippen LogP contribution in [0.25, 0.3) is 0 Å². The second-order valence-electron chi connectivity index (χ2n) is 10.8. The van der Waals surface area contributed by atoms with Gasteiger partial charge in [0.2, 0.25) is 0 Å². The minimum absolute atomic E-state index is 0.179. The van der Waals surface area contributed by atoms with E-state index in [2.05, 4.69) is 39.8 Å². The first-order valence-corrected chi connectivity index (χ1v) is 12.4. The van der Waals surface area contributed by atoms with Gasteiger partial charge < -0.3 is 18.5 Å². The molecule has 0 unspecified atom stereocenters. The molecule has 0 aromatic heterocycles. The predicted molar refractivity (Wildman–Crippen MR) is 123 cm³/mol. The Bertz CT molecular complexity index is 1130. The fourth-order valence-electron chi connectivity index (χ4n) is 6.73. The van der Waals surface area contributed by atoms with Gasteiger partial charge >= 0.3 is 7.82 Å². The molecule has 0 saturated heterocycles. The molecule has 0 bridgehead atoms. The van der Waals surface area contributed by atoms with Crippen LogP contribution in [0.1, 0.15) is 73.9 Å². The predicted octanol–water partition coefficient (Wildman–Crippen LogP) is 5.84. The Labute approximate surface area is 189 Å². The molecule has 2 aromatic rings. The van der Waals surface area contributed by atoms with Gasteiger partial charge in [-0.2, -0.15) is 0 Å². The fraction of sp³-hybridized carbons (Fsp3) is 0.520. The molecule has 172 valence electrons. The van der Waals surface area contributed by atoms with Gasteiger partial charge in [-0.3, -0.25) is 4.89 Å². The molecule has 3 aliphatic rings. The van der Waals surface area contributed by atoms with E-state index in [9.17, 15) is 9.46 Å². The standard InChI is InChI=1S/C25H31O6P/c1-13-9-15-17-21(19(13)28-7)30-32(26,27)31-22-18-16(10-14(2)20(22)29-8)24(5,6)12-25(17,18)11-23(15,3)4/h9-10H,11-12H2,1-8H3,(H,26,27). The van der Waals surface area contributed by atoms with Crippen LogP contribution in [0.2, 0.25) is 0 Å². The molecule has 2 aromatic carbocycles. The number of phosphoric ester groups is 1. The fourth-order valence-corrected chi connectivity index (χ4v) is 7.57. The highest BCUT2D eigenvalue weighted by Crippen LogP contribution is 2.71. The normalized spacial score (nSPS) is 22.0. The lowest BCUT2D eigenvalue weighted by Crippen LogP contribution is -2.29. The zero-order valence-corrected chi connectivity index (χ0v) is 20.9. The van der Waals surface area contributed by atoms with Gasteiger partial charge in [0.15, 0.2) is 23.0 Å². The highest BCUT2D eigenvalue weighted by molar-refractivity contribution is 7.48. The van der Waals surface area contributed by atoms with Crippen molar-refractivity contribution >= 4 is 7.82 Å². The van der Waals surface area contributed by atoms with Crippen LogP contribution in [0.4, 0.5) is 0 Å². The number of aryl methyl sites for hydroxylation is 2. The smallest absolute Gasteiger partial charge is 0.493 e. The van der Waals surface area contributed by atoms with Crippen molar-refractivity contribution in [3.63, 3.8) is 0 Å². The average Bonchev–Trinajstić information content (AvgIpc) is 2.99. The number of rotatable bonds is 2. The summed E-state index contributed by atoms with van der Waals surface area (Å²) < 4.78 is 36.4. The molecule has 1 aliphatic heterocycles. The van der Waals surface area contributed by atoms with Crippen LogP contribution >= 0.6 is 7.82 Å². The van der Waals surface area contributed by atoms with Gasteiger partial charge in [-0.1, -0.05) is 39.8 Å². The van der Waals surface area contributed by atoms with E-state index in [1.165, 1.54) is 0 Å². The quantitative estimate of drug-likeness (QED) is 0.570. The van der Waals surface area contributed by atoms with E-state index in [0.717, 1.165) is 46.2 Å². The van der Waals surface area contributed by atoms with Crippen molar-refractivity contribution in [2.45, 2.75) is 70.6 Å². The highest BCUT2D eigenvalue weighted by atomic mass is 31.2. The molecule has 1 N–H and O–H groups in total. The molecule has 0 amide bonds. The Morgan fingerprint density at radius 2 is 1.22 bits per heavy atom. The molecule has 0 radical (unpaired) electrons. The Morgan fingerprint density at radius 3 is 1.56 bits per heavy atom. The summed E-state index contributed by atoms with van der Waals surface area (Å²) in [5.74, 6) is 1.61. The van der Waals surface area contributed by atoms with E-state index in [4.69, 9.17) is 18.5 Å². The first-order valence-electron chi connectivity index (χ1n) is 10.9. The summed E-state index contributed by atoms with van der Waals surface area (Å²) in [6.45, 7) is 12.8. The average molecular weight is 458 g/mol. The van der Waals surface area contributed by atoms with Crippen molar-refractivity contribution in [3.8, 4) is 23.0 Å². The molecule has 0 saturated carbocycles. The maximum Gasteiger partial charge on any atom is 0.585 e. The molecule has 5 rings (SSSR count). The minimum atomic E-state index is -4.53. The summed E-state index contributed by atoms with van der Waals surface area (Å²) in [6.07, 6.45) is 1.65. The third kappa shape index (κ3) is 2.60. The van der Waals surface area contributed by atoms with Crippen LogP contribution in [-0.4, -0.2) is 19.1 Å². The number of ether oxygens (including phenoxy) is 2. The summed E-state index contributed by atoms with van der Waals surface area (Å²) in [7, 11) is -1.40. The van der Waals surface area contributed by atoms with Crippen molar-refractivity contribution in [1.82, 2.24) is 0 Å². The molecular formula is C25H31O6P. The second kappa shape index (κ2) is 6.24. The molecule has 32 heavy (non-hydrogen) atoms. The van der Waals surface area contributed by atoms with Gasteiger partial charge in [0, 0.05) is 16.5 Å². The van der Waals surface area contributed by atoms with Crippen LogP contribution in [0.15, 0.2) is 12.1 Å². The SMILES string of the molecule is COc1c(C)cc2c3c1OP(=O)(O)Oc1c(OC)c(C)cc4c1C3(CC2(C)C)CC4(C)C. The summed E-state index contributed by atoms with van der Waals surface area (Å²) in [5.41, 5.74) is 5.07. The second-order valence-corrected chi connectivity index (χ2v) is 12.1. The third-order valence-corrected chi connectivity index (χ3v) is 8.39. The van der Waals surface area contributed by atoms with E-state index in [-0.39, 0.29) is 10.8 Å². The Kier molecular flexibility index (Phi) is 4.22. The molecule has 0 atom stereocenters. The first kappa shape index (κ1) is 21.7. The molecule has 6 nitrogen and oxygen atoms in total. The number of phosphoric acid groups is 1. The van der Waals surface area contributed by atoms with Crippen LogP contribution in [0.3, 0.4) is 0 Å². The summed E-state index contributed by atoms with van der Waals surface area (Å²) in [4.78, 5) is 10.8. The zero-order valence-electron chi connectivity index (χ0n) is 20.0. The lowest BCUT2D eigenvalue weighted by Gasteiger charge is -2.35. The molecular weight excluding hydrogens is 427 g/mol. The van der Waals surface area contributed by atoms with E-state index in [1.54, 1.807) is 14.2 Å². The van der Waals surface area contributed by atoms with Crippen LogP contribution in [-0.2, 0) is 20.8 Å². The largest absolute Gasteiger partial charge is 0.585 e. The summed E-state index contributed by atoms with van der Waals surface area (Å²) >= 11 is 0. The van der Waals surface area contributed by atoms with E-state index < -0.39 is 13.2 Å². The Hall–Kier alpha value is -2.17. The lowest BCUT2D eigenvalue weighted by atomic mass is 9.72. The van der Waals surface area contributed by atoms with Crippen LogP contribution < -0.4 is 18.5 Å². The molecule has 7 heteroatoms. The monoisotopic (exact) mass is 458 g/mol. The van der Waals surface area contributed by atoms with Crippen LogP contribution in [0.5, 0.6) is 23.0 Å². The summed E-state index contributed by atoms with van der Waals surface area (Å²) in [5, 5.41) is 0. The number of benzene rings is 2. The summed E-state index contributed by atoms with van der Waals surface area (Å²) in [6, 6.07) is 4.30. The number of hydrogen-bond acceptors (Lipinski definition) is 5.